The molecule has 1 rings (SSSR count). The molecular weight excluding hydrogens is 395 g/mol. The predicted octanol–water partition coefficient (Wildman–Crippen LogP) is 1.57. The van der Waals surface area contributed by atoms with E-state index in [1.807, 2.05) is 38.1 Å². The average molecular weight is 416 g/mol. The number of benzene rings is 1. The number of halogens is 1. The van der Waals surface area contributed by atoms with Crippen LogP contribution in [0.3, 0.4) is 0 Å². The number of hydrogen-bond acceptors (Lipinski definition) is 3. The zero-order valence-electron chi connectivity index (χ0n) is 12.6. The molecule has 120 valence electrons. The van der Waals surface area contributed by atoms with E-state index < -0.39 is 0 Å². The molecule has 0 heterocycles. The normalized spacial score (nSPS) is 10.4. The molecule has 0 atom stereocenters. The molecule has 6 nitrogen and oxygen atoms in total. The van der Waals surface area contributed by atoms with Crippen LogP contribution in [0.4, 0.5) is 5.69 Å². The van der Waals surface area contributed by atoms with Crippen molar-refractivity contribution in [1.82, 2.24) is 5.32 Å². The van der Waals surface area contributed by atoms with Crippen LogP contribution in [-0.2, 0) is 4.79 Å². The number of carbonyl (C=O) groups excluding carboxylic acids is 1. The fourth-order valence-corrected chi connectivity index (χ4v) is 1.44. The van der Waals surface area contributed by atoms with Gasteiger partial charge in [-0.25, -0.2) is 4.99 Å². The summed E-state index contributed by atoms with van der Waals surface area (Å²) in [5.74, 6) is 2.96. The second kappa shape index (κ2) is 10.7. The van der Waals surface area contributed by atoms with Gasteiger partial charge in [0.15, 0.2) is 5.96 Å². The third-order valence-corrected chi connectivity index (χ3v) is 2.28. The molecule has 0 radical (unpaired) electrons. The zero-order chi connectivity index (χ0) is 15.7. The Labute approximate surface area is 147 Å². The molecule has 0 aliphatic carbocycles. The fraction of sp³-hybridized carbons (Fsp3) is 0.333. The number of nitrogens with one attached hydrogen (secondary N) is 2. The number of rotatable bonds is 6. The minimum atomic E-state index is -0.279. The van der Waals surface area contributed by atoms with Crippen molar-refractivity contribution >= 4 is 41.5 Å². The molecule has 22 heavy (non-hydrogen) atoms. The molecule has 7 heteroatoms. The lowest BCUT2D eigenvalue weighted by atomic mass is 10.3. The van der Waals surface area contributed by atoms with Crippen molar-refractivity contribution in [2.45, 2.75) is 20.0 Å². The van der Waals surface area contributed by atoms with E-state index in [0.717, 1.165) is 11.4 Å². The van der Waals surface area contributed by atoms with Crippen molar-refractivity contribution in [1.29, 1.82) is 0 Å². The zero-order valence-corrected chi connectivity index (χ0v) is 15.0. The molecule has 0 bridgehead atoms. The molecule has 1 amide bonds. The lowest BCUT2D eigenvalue weighted by molar-refractivity contribution is -0.119. The lowest BCUT2D eigenvalue weighted by Crippen LogP contribution is -2.29. The van der Waals surface area contributed by atoms with Crippen LogP contribution in [0.2, 0.25) is 0 Å². The number of amides is 1. The minimum absolute atomic E-state index is 0. The van der Waals surface area contributed by atoms with Gasteiger partial charge in [-0.1, -0.05) is 5.92 Å². The highest BCUT2D eigenvalue weighted by Crippen LogP contribution is 2.16. The van der Waals surface area contributed by atoms with Crippen molar-refractivity contribution in [3.05, 3.63) is 24.3 Å². The van der Waals surface area contributed by atoms with Gasteiger partial charge in [0.05, 0.1) is 12.6 Å². The Balaban J connectivity index is 0.00000441. The van der Waals surface area contributed by atoms with Gasteiger partial charge in [0, 0.05) is 5.69 Å². The van der Waals surface area contributed by atoms with Crippen LogP contribution in [0.5, 0.6) is 5.75 Å². The summed E-state index contributed by atoms with van der Waals surface area (Å²) in [5.41, 5.74) is 6.45. The van der Waals surface area contributed by atoms with E-state index in [0.29, 0.717) is 0 Å². The quantitative estimate of drug-likeness (QED) is 0.284. The number of hydrogen-bond donors (Lipinski definition) is 3. The first-order chi connectivity index (χ1) is 10.0. The minimum Gasteiger partial charge on any atom is -0.491 e. The van der Waals surface area contributed by atoms with E-state index in [1.165, 1.54) is 0 Å². The SMILES string of the molecule is C#CCNC(=O)CN=C(N)Nc1ccc(OC(C)C)cc1.I. The fourth-order valence-electron chi connectivity index (χ4n) is 1.44. The Morgan fingerprint density at radius 1 is 1.41 bits per heavy atom. The summed E-state index contributed by atoms with van der Waals surface area (Å²) >= 11 is 0. The maximum atomic E-state index is 11.3. The smallest absolute Gasteiger partial charge is 0.242 e. The molecule has 0 unspecified atom stereocenters. The summed E-state index contributed by atoms with van der Waals surface area (Å²) in [5, 5.41) is 5.38. The van der Waals surface area contributed by atoms with E-state index >= 15 is 0 Å². The first-order valence-electron chi connectivity index (χ1n) is 6.55. The highest BCUT2D eigenvalue weighted by molar-refractivity contribution is 14.0. The Morgan fingerprint density at radius 2 is 2.05 bits per heavy atom. The number of carbonyl (C=O) groups is 1. The topological polar surface area (TPSA) is 88.7 Å². The monoisotopic (exact) mass is 416 g/mol. The van der Waals surface area contributed by atoms with Crippen LogP contribution < -0.4 is 21.1 Å². The highest BCUT2D eigenvalue weighted by Gasteiger charge is 2.01. The van der Waals surface area contributed by atoms with Gasteiger partial charge < -0.3 is 21.1 Å². The summed E-state index contributed by atoms with van der Waals surface area (Å²) in [6.45, 7) is 4.03. The van der Waals surface area contributed by atoms with Crippen LogP contribution in [0.15, 0.2) is 29.3 Å². The average Bonchev–Trinajstić information content (AvgIpc) is 2.44. The molecule has 0 fully saturated rings. The van der Waals surface area contributed by atoms with Crippen molar-refractivity contribution < 1.29 is 9.53 Å². The van der Waals surface area contributed by atoms with Gasteiger partial charge in [-0.15, -0.1) is 30.4 Å². The number of aliphatic imine (C=N–C) groups is 1. The van der Waals surface area contributed by atoms with Gasteiger partial charge in [-0.05, 0) is 38.1 Å². The number of nitrogens with two attached hydrogens (primary N) is 1. The second-order valence-electron chi connectivity index (χ2n) is 4.50. The third-order valence-electron chi connectivity index (χ3n) is 2.28. The Morgan fingerprint density at radius 3 is 2.59 bits per heavy atom. The molecule has 0 aliphatic rings. The van der Waals surface area contributed by atoms with Gasteiger partial charge in [-0.2, -0.15) is 0 Å². The first kappa shape index (κ1) is 20.1. The summed E-state index contributed by atoms with van der Waals surface area (Å²) in [6.07, 6.45) is 5.15. The van der Waals surface area contributed by atoms with Crippen molar-refractivity contribution in [2.75, 3.05) is 18.4 Å². The molecule has 0 spiro atoms. The third kappa shape index (κ3) is 8.36. The first-order valence-corrected chi connectivity index (χ1v) is 6.55. The van der Waals surface area contributed by atoms with Gasteiger partial charge >= 0.3 is 0 Å². The lowest BCUT2D eigenvalue weighted by Gasteiger charge is -2.10. The summed E-state index contributed by atoms with van der Waals surface area (Å²) < 4.78 is 5.53. The molecular formula is C15H21IN4O2. The van der Waals surface area contributed by atoms with E-state index in [2.05, 4.69) is 21.5 Å². The number of terminal acetylenes is 1. The predicted molar refractivity (Wildman–Crippen MR) is 99.6 cm³/mol. The van der Waals surface area contributed by atoms with Gasteiger partial charge in [0.2, 0.25) is 5.91 Å². The largest absolute Gasteiger partial charge is 0.491 e. The Kier molecular flexibility index (Phi) is 9.78. The Bertz CT molecular complexity index is 535. The van der Waals surface area contributed by atoms with Crippen molar-refractivity contribution in [3.8, 4) is 18.1 Å². The number of nitrogens with zero attached hydrogens (tertiary/aromatic N) is 1. The van der Waals surface area contributed by atoms with Crippen molar-refractivity contribution in [3.63, 3.8) is 0 Å². The summed E-state index contributed by atoms with van der Waals surface area (Å²) in [7, 11) is 0. The molecule has 0 aromatic heterocycles. The highest BCUT2D eigenvalue weighted by atomic mass is 127. The molecule has 0 saturated heterocycles. The van der Waals surface area contributed by atoms with E-state index in [4.69, 9.17) is 16.9 Å². The van der Waals surface area contributed by atoms with Crippen molar-refractivity contribution in [2.24, 2.45) is 10.7 Å². The van der Waals surface area contributed by atoms with E-state index in [9.17, 15) is 4.79 Å². The number of guanidine groups is 1. The molecule has 1 aromatic rings. The van der Waals surface area contributed by atoms with Crippen LogP contribution in [0.25, 0.3) is 0 Å². The van der Waals surface area contributed by atoms with Gasteiger partial charge in [-0.3, -0.25) is 4.79 Å². The van der Waals surface area contributed by atoms with Gasteiger partial charge in [0.1, 0.15) is 12.3 Å². The molecule has 4 N–H and O–H groups in total. The molecule has 1 aromatic carbocycles. The number of ether oxygens (including phenoxy) is 1. The number of anilines is 1. The van der Waals surface area contributed by atoms with Crippen LogP contribution in [-0.4, -0.2) is 31.1 Å². The molecule has 0 saturated carbocycles. The summed E-state index contributed by atoms with van der Waals surface area (Å²) in [4.78, 5) is 15.2. The molecule has 0 aliphatic heterocycles. The van der Waals surface area contributed by atoms with E-state index in [1.54, 1.807) is 0 Å². The summed E-state index contributed by atoms with van der Waals surface area (Å²) in [6, 6.07) is 7.29. The van der Waals surface area contributed by atoms with Crippen LogP contribution in [0, 0.1) is 12.3 Å². The maximum Gasteiger partial charge on any atom is 0.242 e. The van der Waals surface area contributed by atoms with E-state index in [-0.39, 0.29) is 55.0 Å². The van der Waals surface area contributed by atoms with Crippen LogP contribution in [0.1, 0.15) is 13.8 Å². The maximum absolute atomic E-state index is 11.3. The second-order valence-corrected chi connectivity index (χ2v) is 4.50. The van der Waals surface area contributed by atoms with Crippen LogP contribution >= 0.6 is 24.0 Å². The standard InChI is InChI=1S/C15H20N4O2.HI/c1-4-9-17-14(20)10-18-15(16)19-12-5-7-13(8-6-12)21-11(2)3;/h1,5-8,11H,9-10H2,2-3H3,(H,17,20)(H3,16,18,19);1H. The Hall–Kier alpha value is -1.95. The van der Waals surface area contributed by atoms with Gasteiger partial charge in [0.25, 0.3) is 0 Å².